The van der Waals surface area contributed by atoms with E-state index < -0.39 is 0 Å². The number of fused-ring (bicyclic) bond motifs is 1. The largest absolute Gasteiger partial charge is 0.496 e. The summed E-state index contributed by atoms with van der Waals surface area (Å²) in [7, 11) is 1.69. The van der Waals surface area contributed by atoms with E-state index in [0.717, 1.165) is 59.5 Å². The van der Waals surface area contributed by atoms with Gasteiger partial charge in [-0.25, -0.2) is 4.98 Å². The lowest BCUT2D eigenvalue weighted by Crippen LogP contribution is -2.33. The van der Waals surface area contributed by atoms with Crippen LogP contribution in [0.2, 0.25) is 0 Å². The second-order valence-electron chi connectivity index (χ2n) is 7.68. The maximum absolute atomic E-state index is 9.66. The molecule has 0 aliphatic carbocycles. The van der Waals surface area contributed by atoms with Gasteiger partial charge in [0.25, 0.3) is 0 Å². The minimum atomic E-state index is 0.434. The lowest BCUT2D eigenvalue weighted by Gasteiger charge is -2.34. The van der Waals surface area contributed by atoms with Crippen molar-refractivity contribution in [2.24, 2.45) is 0 Å². The van der Waals surface area contributed by atoms with E-state index in [0.29, 0.717) is 11.5 Å². The van der Waals surface area contributed by atoms with Gasteiger partial charge in [0.05, 0.1) is 34.6 Å². The van der Waals surface area contributed by atoms with Crippen molar-refractivity contribution in [2.45, 2.75) is 18.8 Å². The van der Waals surface area contributed by atoms with Gasteiger partial charge >= 0.3 is 0 Å². The summed E-state index contributed by atoms with van der Waals surface area (Å²) in [5.74, 6) is 1.28. The molecule has 5 rings (SSSR count). The van der Waals surface area contributed by atoms with Crippen LogP contribution in [0.3, 0.4) is 0 Å². The fourth-order valence-corrected chi connectivity index (χ4v) is 5.35. The Kier molecular flexibility index (Phi) is 5.27. The van der Waals surface area contributed by atoms with E-state index in [1.165, 1.54) is 5.01 Å². The Bertz CT molecular complexity index is 1270. The minimum absolute atomic E-state index is 0.434. The monoisotopic (exact) mass is 426 g/mol. The van der Waals surface area contributed by atoms with Crippen molar-refractivity contribution in [1.29, 1.82) is 5.26 Å². The van der Waals surface area contributed by atoms with E-state index in [4.69, 9.17) is 9.72 Å². The van der Waals surface area contributed by atoms with E-state index in [1.807, 2.05) is 36.4 Å². The number of methoxy groups -OCH3 is 1. The fourth-order valence-electron chi connectivity index (χ4n) is 4.35. The van der Waals surface area contributed by atoms with Crippen LogP contribution in [0.4, 0.5) is 5.69 Å². The molecule has 1 aliphatic rings. The molecule has 31 heavy (non-hydrogen) atoms. The van der Waals surface area contributed by atoms with Crippen molar-refractivity contribution in [2.75, 3.05) is 25.1 Å². The molecule has 3 heterocycles. The van der Waals surface area contributed by atoms with Gasteiger partial charge in [-0.3, -0.25) is 4.98 Å². The van der Waals surface area contributed by atoms with Gasteiger partial charge in [0.2, 0.25) is 0 Å². The van der Waals surface area contributed by atoms with Crippen molar-refractivity contribution >= 4 is 27.9 Å². The molecule has 0 bridgehead atoms. The highest BCUT2D eigenvalue weighted by Gasteiger charge is 2.26. The number of hydrogen-bond donors (Lipinski definition) is 0. The molecule has 2 aromatic carbocycles. The molecule has 0 radical (unpaired) electrons. The number of rotatable bonds is 4. The van der Waals surface area contributed by atoms with Crippen LogP contribution in [-0.2, 0) is 0 Å². The Morgan fingerprint density at radius 1 is 1.10 bits per heavy atom. The quantitative estimate of drug-likeness (QED) is 0.424. The molecule has 0 saturated carbocycles. The number of nitriles is 1. The number of ether oxygens (including phenoxy) is 1. The van der Waals surface area contributed by atoms with Gasteiger partial charge in [0, 0.05) is 41.5 Å². The normalized spacial score (nSPS) is 14.5. The number of anilines is 1. The fraction of sp³-hybridized carbons (Fsp3) is 0.240. The molecular formula is C25H22N4OS. The predicted octanol–water partition coefficient (Wildman–Crippen LogP) is 5.62. The maximum Gasteiger partial charge on any atom is 0.128 e. The zero-order chi connectivity index (χ0) is 21.2. The SMILES string of the molecule is COc1ccccc1-c1csc(C2CCN(c3c(C#N)cnc4ccccc34)CC2)n1. The van der Waals surface area contributed by atoms with Crippen molar-refractivity contribution in [3.63, 3.8) is 0 Å². The van der Waals surface area contributed by atoms with E-state index in [2.05, 4.69) is 33.5 Å². The standard InChI is InChI=1S/C25H22N4OS/c1-30-23-9-5-3-6-19(23)22-16-31-25(28-22)17-10-12-29(13-11-17)24-18(14-26)15-27-21-8-4-2-7-20(21)24/h2-9,15-17H,10-13H2,1H3. The van der Waals surface area contributed by atoms with Crippen LogP contribution >= 0.6 is 11.3 Å². The maximum atomic E-state index is 9.66. The second kappa shape index (κ2) is 8.37. The molecule has 5 nitrogen and oxygen atoms in total. The Hall–Kier alpha value is -3.43. The van der Waals surface area contributed by atoms with E-state index in [9.17, 15) is 5.26 Å². The van der Waals surface area contributed by atoms with Gasteiger partial charge < -0.3 is 9.64 Å². The average Bonchev–Trinajstić information content (AvgIpc) is 3.33. The van der Waals surface area contributed by atoms with Crippen LogP contribution in [0.5, 0.6) is 5.75 Å². The third-order valence-electron chi connectivity index (χ3n) is 5.93. The molecule has 2 aromatic heterocycles. The Balaban J connectivity index is 1.37. The predicted molar refractivity (Wildman–Crippen MR) is 125 cm³/mol. The summed E-state index contributed by atoms with van der Waals surface area (Å²) in [6, 6.07) is 18.4. The lowest BCUT2D eigenvalue weighted by molar-refractivity contribution is 0.416. The summed E-state index contributed by atoms with van der Waals surface area (Å²) in [4.78, 5) is 11.7. The van der Waals surface area contributed by atoms with Crippen molar-refractivity contribution in [3.05, 3.63) is 70.7 Å². The highest BCUT2D eigenvalue weighted by atomic mass is 32.1. The van der Waals surface area contributed by atoms with Gasteiger partial charge in [-0.05, 0) is 31.0 Å². The average molecular weight is 427 g/mol. The molecule has 154 valence electrons. The third kappa shape index (κ3) is 3.62. The van der Waals surface area contributed by atoms with Gasteiger partial charge in [0.1, 0.15) is 11.8 Å². The first-order valence-corrected chi connectivity index (χ1v) is 11.3. The summed E-state index contributed by atoms with van der Waals surface area (Å²) < 4.78 is 5.50. The Labute approximate surface area is 185 Å². The van der Waals surface area contributed by atoms with E-state index >= 15 is 0 Å². The van der Waals surface area contributed by atoms with Gasteiger partial charge in [-0.15, -0.1) is 11.3 Å². The summed E-state index contributed by atoms with van der Waals surface area (Å²) in [5.41, 5.74) is 4.60. The number of pyridine rings is 1. The molecule has 1 aliphatic heterocycles. The van der Waals surface area contributed by atoms with Gasteiger partial charge in [0.15, 0.2) is 0 Å². The molecule has 4 aromatic rings. The second-order valence-corrected chi connectivity index (χ2v) is 8.57. The van der Waals surface area contributed by atoms with Crippen LogP contribution in [0.15, 0.2) is 60.1 Å². The number of hydrogen-bond acceptors (Lipinski definition) is 6. The van der Waals surface area contributed by atoms with Gasteiger partial charge in [-0.2, -0.15) is 5.26 Å². The topological polar surface area (TPSA) is 62.0 Å². The van der Waals surface area contributed by atoms with Crippen LogP contribution in [0.25, 0.3) is 22.2 Å². The zero-order valence-electron chi connectivity index (χ0n) is 17.3. The highest BCUT2D eigenvalue weighted by molar-refractivity contribution is 7.10. The first kappa shape index (κ1) is 19.5. The molecule has 0 spiro atoms. The summed E-state index contributed by atoms with van der Waals surface area (Å²) >= 11 is 1.73. The number of thiazole rings is 1. The highest BCUT2D eigenvalue weighted by Crippen LogP contribution is 2.38. The molecule has 1 saturated heterocycles. The number of nitrogens with zero attached hydrogens (tertiary/aromatic N) is 4. The van der Waals surface area contributed by atoms with E-state index in [1.54, 1.807) is 24.6 Å². The van der Waals surface area contributed by atoms with Gasteiger partial charge in [-0.1, -0.05) is 30.3 Å². The summed E-state index contributed by atoms with van der Waals surface area (Å²) in [6.07, 6.45) is 3.73. The van der Waals surface area contributed by atoms with Crippen LogP contribution in [0, 0.1) is 11.3 Å². The lowest BCUT2D eigenvalue weighted by atomic mass is 9.96. The van der Waals surface area contributed by atoms with Crippen molar-refractivity contribution < 1.29 is 4.74 Å². The minimum Gasteiger partial charge on any atom is -0.496 e. The Morgan fingerprint density at radius 3 is 2.68 bits per heavy atom. The van der Waals surface area contributed by atoms with Crippen molar-refractivity contribution in [1.82, 2.24) is 9.97 Å². The van der Waals surface area contributed by atoms with Crippen molar-refractivity contribution in [3.8, 4) is 23.1 Å². The number of aromatic nitrogens is 2. The number of benzene rings is 2. The smallest absolute Gasteiger partial charge is 0.128 e. The number of piperidine rings is 1. The van der Waals surface area contributed by atoms with E-state index in [-0.39, 0.29) is 0 Å². The molecule has 0 amide bonds. The molecule has 0 unspecified atom stereocenters. The zero-order valence-corrected chi connectivity index (χ0v) is 18.1. The Morgan fingerprint density at radius 2 is 1.87 bits per heavy atom. The summed E-state index contributed by atoms with van der Waals surface area (Å²) in [6.45, 7) is 1.80. The van der Waals surface area contributed by atoms with Crippen LogP contribution < -0.4 is 9.64 Å². The van der Waals surface area contributed by atoms with Crippen LogP contribution in [-0.4, -0.2) is 30.2 Å². The first-order chi connectivity index (χ1) is 15.3. The molecule has 1 fully saturated rings. The number of para-hydroxylation sites is 2. The molecule has 0 atom stereocenters. The third-order valence-corrected chi connectivity index (χ3v) is 6.94. The first-order valence-electron chi connectivity index (χ1n) is 10.4. The summed E-state index contributed by atoms with van der Waals surface area (Å²) in [5, 5.41) is 14.0. The molecule has 0 N–H and O–H groups in total. The van der Waals surface area contributed by atoms with Crippen LogP contribution in [0.1, 0.15) is 29.3 Å². The molecule has 6 heteroatoms. The molecular weight excluding hydrogens is 404 g/mol.